The Balaban J connectivity index is 1.35. The highest BCUT2D eigenvalue weighted by Crippen LogP contribution is 2.34. The summed E-state index contributed by atoms with van der Waals surface area (Å²) in [5, 5.41) is 6.94. The molecule has 3 heterocycles. The number of rotatable bonds is 8. The molecular formula is C23H21N5OS2. The molecule has 156 valence electrons. The average Bonchev–Trinajstić information content (AvgIpc) is 3.25. The second-order valence-electron chi connectivity index (χ2n) is 6.83. The smallest absolute Gasteiger partial charge is 0.269 e. The molecule has 8 heteroatoms. The van der Waals surface area contributed by atoms with Crippen LogP contribution in [0.5, 0.6) is 0 Å². The number of amides is 1. The molecule has 1 aromatic carbocycles. The van der Waals surface area contributed by atoms with Gasteiger partial charge in [0.25, 0.3) is 5.91 Å². The van der Waals surface area contributed by atoms with E-state index in [-0.39, 0.29) is 11.8 Å². The Bertz CT molecular complexity index is 1130. The Kier molecular flexibility index (Phi) is 6.91. The normalized spacial score (nSPS) is 11.6. The van der Waals surface area contributed by atoms with Crippen LogP contribution < -0.4 is 10.6 Å². The molecule has 1 atom stereocenters. The van der Waals surface area contributed by atoms with Gasteiger partial charge in [-0.3, -0.25) is 9.78 Å². The summed E-state index contributed by atoms with van der Waals surface area (Å²) < 4.78 is 1.01. The van der Waals surface area contributed by atoms with E-state index in [9.17, 15) is 4.79 Å². The van der Waals surface area contributed by atoms with Crippen LogP contribution >= 0.6 is 23.1 Å². The number of thiazole rings is 1. The molecule has 0 aliphatic rings. The third kappa shape index (κ3) is 5.90. The zero-order chi connectivity index (χ0) is 21.5. The molecule has 0 spiro atoms. The van der Waals surface area contributed by atoms with E-state index in [2.05, 4.69) is 44.6 Å². The summed E-state index contributed by atoms with van der Waals surface area (Å²) >= 11 is 3.08. The summed E-state index contributed by atoms with van der Waals surface area (Å²) in [4.78, 5) is 26.4. The maximum absolute atomic E-state index is 12.6. The molecule has 6 nitrogen and oxygen atoms in total. The van der Waals surface area contributed by atoms with Crippen molar-refractivity contribution >= 4 is 40.0 Å². The van der Waals surface area contributed by atoms with E-state index < -0.39 is 0 Å². The number of hydrogen-bond acceptors (Lipinski definition) is 7. The number of benzene rings is 1. The lowest BCUT2D eigenvalue weighted by Gasteiger charge is -2.13. The third-order valence-electron chi connectivity index (χ3n) is 4.50. The maximum Gasteiger partial charge on any atom is 0.269 e. The van der Waals surface area contributed by atoms with Crippen molar-refractivity contribution in [2.75, 3.05) is 11.9 Å². The number of anilines is 2. The minimum Gasteiger partial charge on any atom is -0.350 e. The molecule has 31 heavy (non-hydrogen) atoms. The van der Waals surface area contributed by atoms with Gasteiger partial charge in [-0.25, -0.2) is 9.97 Å². The molecule has 0 aliphatic heterocycles. The summed E-state index contributed by atoms with van der Waals surface area (Å²) in [7, 11) is 0. The van der Waals surface area contributed by atoms with Gasteiger partial charge in [0.2, 0.25) is 0 Å². The minimum absolute atomic E-state index is 0.174. The van der Waals surface area contributed by atoms with E-state index in [1.165, 1.54) is 16.9 Å². The first-order chi connectivity index (χ1) is 15.2. The number of hydrogen-bond donors (Lipinski definition) is 2. The van der Waals surface area contributed by atoms with Crippen LogP contribution in [0.25, 0.3) is 0 Å². The second kappa shape index (κ2) is 10.2. The summed E-state index contributed by atoms with van der Waals surface area (Å²) in [5.74, 6) is 0.804. The van der Waals surface area contributed by atoms with Crippen LogP contribution in [0.3, 0.4) is 0 Å². The van der Waals surface area contributed by atoms with Gasteiger partial charge in [-0.05, 0) is 35.7 Å². The Hall–Kier alpha value is -3.23. The van der Waals surface area contributed by atoms with Crippen LogP contribution in [0.4, 0.5) is 10.9 Å². The van der Waals surface area contributed by atoms with E-state index in [0.29, 0.717) is 12.2 Å². The van der Waals surface area contributed by atoms with Gasteiger partial charge in [0, 0.05) is 23.8 Å². The Morgan fingerprint density at radius 1 is 1.03 bits per heavy atom. The maximum atomic E-state index is 12.6. The van der Waals surface area contributed by atoms with Crippen molar-refractivity contribution in [1.29, 1.82) is 0 Å². The van der Waals surface area contributed by atoms with E-state index >= 15 is 0 Å². The third-order valence-corrected chi connectivity index (χ3v) is 6.51. The highest BCUT2D eigenvalue weighted by molar-refractivity contribution is 8.01. The van der Waals surface area contributed by atoms with Crippen molar-refractivity contribution in [2.24, 2.45) is 0 Å². The minimum atomic E-state index is -0.174. The van der Waals surface area contributed by atoms with Crippen LogP contribution in [0.15, 0.2) is 88.4 Å². The number of aromatic nitrogens is 3. The van der Waals surface area contributed by atoms with Crippen LogP contribution in [0.1, 0.15) is 28.9 Å². The molecule has 2 N–H and O–H groups in total. The number of carbonyl (C=O) groups is 1. The standard InChI is InChI=1S/C23H21N5OS2/c1-16(17-7-3-2-4-8-17)14-26-22(29)19-13-18(10-12-24-19)30-21-15-27-23(31-21)28-20-9-5-6-11-25-20/h2-13,15-16H,14H2,1H3,(H,26,29)(H,25,27,28). The summed E-state index contributed by atoms with van der Waals surface area (Å²) in [6.45, 7) is 2.65. The zero-order valence-electron chi connectivity index (χ0n) is 16.9. The van der Waals surface area contributed by atoms with E-state index in [1.54, 1.807) is 30.2 Å². The Labute approximate surface area is 189 Å². The van der Waals surface area contributed by atoms with E-state index in [1.807, 2.05) is 48.7 Å². The zero-order valence-corrected chi connectivity index (χ0v) is 18.5. The average molecular weight is 448 g/mol. The molecular weight excluding hydrogens is 426 g/mol. The van der Waals surface area contributed by atoms with E-state index in [4.69, 9.17) is 0 Å². The van der Waals surface area contributed by atoms with Gasteiger partial charge in [0.05, 0.1) is 10.4 Å². The van der Waals surface area contributed by atoms with Gasteiger partial charge >= 0.3 is 0 Å². The number of pyridine rings is 2. The van der Waals surface area contributed by atoms with Crippen molar-refractivity contribution in [3.05, 3.63) is 90.5 Å². The molecule has 1 amide bonds. The van der Waals surface area contributed by atoms with Gasteiger partial charge in [-0.15, -0.1) is 0 Å². The molecule has 0 aliphatic carbocycles. The molecule has 0 saturated carbocycles. The van der Waals surface area contributed by atoms with Gasteiger partial charge in [0.15, 0.2) is 5.13 Å². The van der Waals surface area contributed by atoms with Gasteiger partial charge < -0.3 is 10.6 Å². The van der Waals surface area contributed by atoms with Crippen molar-refractivity contribution in [1.82, 2.24) is 20.3 Å². The van der Waals surface area contributed by atoms with Gasteiger partial charge in [-0.1, -0.05) is 66.4 Å². The molecule has 3 aromatic heterocycles. The first-order valence-corrected chi connectivity index (χ1v) is 11.4. The molecule has 4 aromatic rings. The summed E-state index contributed by atoms with van der Waals surface area (Å²) in [6, 6.07) is 19.5. The van der Waals surface area contributed by atoms with Crippen molar-refractivity contribution < 1.29 is 4.79 Å². The Morgan fingerprint density at radius 2 is 1.87 bits per heavy atom. The fourth-order valence-corrected chi connectivity index (χ4v) is 4.75. The van der Waals surface area contributed by atoms with Crippen LogP contribution in [0.2, 0.25) is 0 Å². The molecule has 0 fully saturated rings. The van der Waals surface area contributed by atoms with Crippen LogP contribution in [-0.4, -0.2) is 27.4 Å². The van der Waals surface area contributed by atoms with Gasteiger partial charge in [-0.2, -0.15) is 0 Å². The van der Waals surface area contributed by atoms with Crippen LogP contribution in [-0.2, 0) is 0 Å². The number of nitrogens with zero attached hydrogens (tertiary/aromatic N) is 3. The SMILES string of the molecule is CC(CNC(=O)c1cc(Sc2cnc(Nc3ccccn3)s2)ccn1)c1ccccc1. The second-order valence-corrected chi connectivity index (χ2v) is 9.23. The quantitative estimate of drug-likeness (QED) is 0.378. The highest BCUT2D eigenvalue weighted by atomic mass is 32.2. The number of carbonyl (C=O) groups excluding carboxylic acids is 1. The molecule has 0 saturated heterocycles. The predicted molar refractivity (Wildman–Crippen MR) is 125 cm³/mol. The van der Waals surface area contributed by atoms with Crippen molar-refractivity contribution in [3.8, 4) is 0 Å². The summed E-state index contributed by atoms with van der Waals surface area (Å²) in [5.41, 5.74) is 1.60. The number of nitrogens with one attached hydrogen (secondary N) is 2. The lowest BCUT2D eigenvalue weighted by molar-refractivity contribution is 0.0946. The molecule has 1 unspecified atom stereocenters. The molecule has 0 bridgehead atoms. The first-order valence-electron chi connectivity index (χ1n) is 9.78. The largest absolute Gasteiger partial charge is 0.350 e. The highest BCUT2D eigenvalue weighted by Gasteiger charge is 2.12. The van der Waals surface area contributed by atoms with Crippen LogP contribution in [0, 0.1) is 0 Å². The molecule has 0 radical (unpaired) electrons. The van der Waals surface area contributed by atoms with Gasteiger partial charge in [0.1, 0.15) is 11.5 Å². The van der Waals surface area contributed by atoms with E-state index in [0.717, 1.165) is 20.1 Å². The fourth-order valence-electron chi connectivity index (χ4n) is 2.86. The Morgan fingerprint density at radius 3 is 2.68 bits per heavy atom. The van der Waals surface area contributed by atoms with Crippen molar-refractivity contribution in [3.63, 3.8) is 0 Å². The summed E-state index contributed by atoms with van der Waals surface area (Å²) in [6.07, 6.45) is 5.20. The fraction of sp³-hybridized carbons (Fsp3) is 0.130. The molecule has 4 rings (SSSR count). The lowest BCUT2D eigenvalue weighted by Crippen LogP contribution is -2.28. The monoisotopic (exact) mass is 447 g/mol. The van der Waals surface area contributed by atoms with Crippen molar-refractivity contribution in [2.45, 2.75) is 21.9 Å². The topological polar surface area (TPSA) is 79.8 Å². The predicted octanol–water partition coefficient (Wildman–Crippen LogP) is 5.36. The lowest BCUT2D eigenvalue weighted by atomic mass is 10.0. The first kappa shape index (κ1) is 21.0.